The number of halogens is 3. The second-order valence-corrected chi connectivity index (χ2v) is 2.92. The third-order valence-electron chi connectivity index (χ3n) is 1.64. The van der Waals surface area contributed by atoms with Gasteiger partial charge in [-0.15, -0.1) is 0 Å². The number of hydrogen-bond donors (Lipinski definition) is 0. The van der Waals surface area contributed by atoms with Gasteiger partial charge in [-0.1, -0.05) is 6.07 Å². The van der Waals surface area contributed by atoms with Gasteiger partial charge in [-0.25, -0.2) is 8.78 Å². The van der Waals surface area contributed by atoms with E-state index in [4.69, 9.17) is 5.26 Å². The van der Waals surface area contributed by atoms with Crippen molar-refractivity contribution in [3.63, 3.8) is 0 Å². The maximum atomic E-state index is 13.1. The van der Waals surface area contributed by atoms with Crippen LogP contribution in [0.5, 0.6) is 5.75 Å². The van der Waals surface area contributed by atoms with E-state index in [9.17, 15) is 13.2 Å². The van der Waals surface area contributed by atoms with E-state index in [1.54, 1.807) is 6.07 Å². The molecule has 0 aliphatic rings. The zero-order chi connectivity index (χ0) is 11.5. The molecule has 1 unspecified atom stereocenters. The van der Waals surface area contributed by atoms with Crippen LogP contribution >= 0.6 is 0 Å². The van der Waals surface area contributed by atoms with Crippen LogP contribution in [0.25, 0.3) is 0 Å². The quantitative estimate of drug-likeness (QED) is 0.774. The smallest absolute Gasteiger partial charge is 0.306 e. The van der Waals surface area contributed by atoms with Gasteiger partial charge in [0.25, 0.3) is 0 Å². The van der Waals surface area contributed by atoms with Crippen LogP contribution in [-0.4, -0.2) is 12.3 Å². The van der Waals surface area contributed by atoms with Crippen LogP contribution < -0.4 is 4.74 Å². The second kappa shape index (κ2) is 4.22. The number of rotatable bonds is 3. The molecule has 1 rings (SSSR count). The minimum atomic E-state index is -3.28. The van der Waals surface area contributed by atoms with Crippen molar-refractivity contribution >= 4 is 0 Å². The monoisotopic (exact) mass is 214 g/mol. The Bertz CT molecular complexity index is 384. The van der Waals surface area contributed by atoms with Crippen LogP contribution in [0.3, 0.4) is 0 Å². The number of benzene rings is 1. The van der Waals surface area contributed by atoms with E-state index >= 15 is 0 Å². The molecule has 0 spiro atoms. The first-order valence-corrected chi connectivity index (χ1v) is 4.03. The topological polar surface area (TPSA) is 33.0 Å². The number of nitriles is 1. The largest absolute Gasteiger partial charge is 0.451 e. The molecule has 0 aromatic heterocycles. The Morgan fingerprint density at radius 2 is 2.27 bits per heavy atom. The molecule has 79 valence electrons. The lowest BCUT2D eigenvalue weighted by Crippen LogP contribution is -2.35. The number of ether oxygens (including phenoxy) is 1. The molecule has 0 aliphatic carbocycles. The SMILES string of the molecule is CC(F)(Oc1cc[c]cc1C#N)C(F)F. The Hall–Kier alpha value is -1.70. The lowest BCUT2D eigenvalue weighted by atomic mass is 10.2. The van der Waals surface area contributed by atoms with Crippen LogP contribution in [0, 0.1) is 17.4 Å². The standard InChI is InChI=1S/C10H7F3NO/c1-10(13,9(11)12)15-8-5-3-2-4-7(8)6-14/h3-5,9H,1H3. The first kappa shape index (κ1) is 11.4. The van der Waals surface area contributed by atoms with Crippen molar-refractivity contribution in [2.24, 2.45) is 0 Å². The predicted octanol–water partition coefficient (Wildman–Crippen LogP) is 2.69. The van der Waals surface area contributed by atoms with Crippen molar-refractivity contribution < 1.29 is 17.9 Å². The fraction of sp³-hybridized carbons (Fsp3) is 0.300. The summed E-state index contributed by atoms with van der Waals surface area (Å²) in [6.07, 6.45) is -3.28. The molecule has 0 N–H and O–H groups in total. The minimum absolute atomic E-state index is 0.0398. The molecule has 2 nitrogen and oxygen atoms in total. The Kier molecular flexibility index (Phi) is 3.20. The highest BCUT2D eigenvalue weighted by atomic mass is 19.3. The molecular formula is C10H7F3NO. The predicted molar refractivity (Wildman–Crippen MR) is 46.1 cm³/mol. The molecule has 0 heterocycles. The lowest BCUT2D eigenvalue weighted by molar-refractivity contribution is -0.152. The summed E-state index contributed by atoms with van der Waals surface area (Å²) in [6, 6.07) is 8.03. The van der Waals surface area contributed by atoms with Gasteiger partial charge in [-0.3, -0.25) is 0 Å². The first-order valence-electron chi connectivity index (χ1n) is 4.03. The number of hydrogen-bond acceptors (Lipinski definition) is 2. The molecule has 0 bridgehead atoms. The molecule has 15 heavy (non-hydrogen) atoms. The highest BCUT2D eigenvalue weighted by molar-refractivity contribution is 5.42. The van der Waals surface area contributed by atoms with Crippen molar-refractivity contribution in [1.29, 1.82) is 5.26 Å². The number of nitrogens with zero attached hydrogens (tertiary/aromatic N) is 1. The zero-order valence-corrected chi connectivity index (χ0v) is 7.80. The highest BCUT2D eigenvalue weighted by Gasteiger charge is 2.37. The Balaban J connectivity index is 2.95. The van der Waals surface area contributed by atoms with Gasteiger partial charge in [0.1, 0.15) is 11.8 Å². The van der Waals surface area contributed by atoms with Gasteiger partial charge in [-0.2, -0.15) is 9.65 Å². The highest BCUT2D eigenvalue weighted by Crippen LogP contribution is 2.27. The summed E-state index contributed by atoms with van der Waals surface area (Å²) in [5, 5.41) is 8.59. The van der Waals surface area contributed by atoms with Crippen molar-refractivity contribution in [2.75, 3.05) is 0 Å². The van der Waals surface area contributed by atoms with E-state index in [2.05, 4.69) is 10.8 Å². The third kappa shape index (κ3) is 2.62. The van der Waals surface area contributed by atoms with E-state index in [0.717, 1.165) is 0 Å². The van der Waals surface area contributed by atoms with Gasteiger partial charge in [0.15, 0.2) is 0 Å². The average molecular weight is 214 g/mol. The molecule has 1 aromatic rings. The van der Waals surface area contributed by atoms with E-state index < -0.39 is 12.3 Å². The van der Waals surface area contributed by atoms with E-state index in [1.165, 1.54) is 18.2 Å². The van der Waals surface area contributed by atoms with Gasteiger partial charge in [0.2, 0.25) is 0 Å². The van der Waals surface area contributed by atoms with Crippen LogP contribution in [0.1, 0.15) is 12.5 Å². The molecule has 0 amide bonds. The molecule has 1 radical (unpaired) electrons. The summed E-state index contributed by atoms with van der Waals surface area (Å²) in [5.74, 6) is -3.32. The van der Waals surface area contributed by atoms with E-state index in [1.807, 2.05) is 0 Å². The maximum Gasteiger partial charge on any atom is 0.306 e. The molecule has 5 heteroatoms. The zero-order valence-electron chi connectivity index (χ0n) is 7.80. The molecule has 1 aromatic carbocycles. The normalized spacial score (nSPS) is 14.4. The Morgan fingerprint density at radius 1 is 1.60 bits per heavy atom. The summed E-state index contributed by atoms with van der Waals surface area (Å²) >= 11 is 0. The maximum absolute atomic E-state index is 13.1. The molecule has 0 saturated carbocycles. The number of alkyl halides is 3. The average Bonchev–Trinajstić information content (AvgIpc) is 2.18. The van der Waals surface area contributed by atoms with Gasteiger partial charge in [0, 0.05) is 6.92 Å². The van der Waals surface area contributed by atoms with Gasteiger partial charge < -0.3 is 4.74 Å². The van der Waals surface area contributed by atoms with Crippen LogP contribution in [0.15, 0.2) is 18.2 Å². The van der Waals surface area contributed by atoms with Crippen LogP contribution in [0.2, 0.25) is 0 Å². The van der Waals surface area contributed by atoms with Crippen LogP contribution in [-0.2, 0) is 0 Å². The van der Waals surface area contributed by atoms with Gasteiger partial charge in [0.05, 0.1) is 5.56 Å². The summed E-state index contributed by atoms with van der Waals surface area (Å²) in [7, 11) is 0. The van der Waals surface area contributed by atoms with Gasteiger partial charge in [-0.05, 0) is 18.2 Å². The Morgan fingerprint density at radius 3 is 2.80 bits per heavy atom. The molecule has 0 saturated heterocycles. The fourth-order valence-corrected chi connectivity index (χ4v) is 0.852. The summed E-state index contributed by atoms with van der Waals surface area (Å²) in [5.41, 5.74) is -0.0398. The minimum Gasteiger partial charge on any atom is -0.451 e. The first-order chi connectivity index (χ1) is 6.97. The molecule has 0 fully saturated rings. The second-order valence-electron chi connectivity index (χ2n) is 2.92. The van der Waals surface area contributed by atoms with Crippen molar-refractivity contribution in [3.8, 4) is 11.8 Å². The van der Waals surface area contributed by atoms with Gasteiger partial charge >= 0.3 is 12.3 Å². The van der Waals surface area contributed by atoms with E-state index in [0.29, 0.717) is 6.92 Å². The summed E-state index contributed by atoms with van der Waals surface area (Å²) in [4.78, 5) is 0. The van der Waals surface area contributed by atoms with Crippen LogP contribution in [0.4, 0.5) is 13.2 Å². The third-order valence-corrected chi connectivity index (χ3v) is 1.64. The molecule has 0 aliphatic heterocycles. The molecule has 1 atom stereocenters. The van der Waals surface area contributed by atoms with Crippen molar-refractivity contribution in [2.45, 2.75) is 19.2 Å². The van der Waals surface area contributed by atoms with Crippen molar-refractivity contribution in [3.05, 3.63) is 29.8 Å². The van der Waals surface area contributed by atoms with Crippen molar-refractivity contribution in [1.82, 2.24) is 0 Å². The Labute approximate surface area is 84.9 Å². The lowest BCUT2D eigenvalue weighted by Gasteiger charge is -2.21. The van der Waals surface area contributed by atoms with E-state index in [-0.39, 0.29) is 11.3 Å². The fourth-order valence-electron chi connectivity index (χ4n) is 0.852. The molecular weight excluding hydrogens is 207 g/mol. The summed E-state index contributed by atoms with van der Waals surface area (Å²) in [6.45, 7) is 0.607. The summed E-state index contributed by atoms with van der Waals surface area (Å²) < 4.78 is 41.8.